The van der Waals surface area contributed by atoms with E-state index >= 15 is 0 Å². The molecule has 0 radical (unpaired) electrons. The molecule has 19 heavy (non-hydrogen) atoms. The predicted molar refractivity (Wildman–Crippen MR) is 79.7 cm³/mol. The molecular formula is C15H23ClN2O. The van der Waals surface area contributed by atoms with Gasteiger partial charge in [-0.2, -0.15) is 0 Å². The van der Waals surface area contributed by atoms with Crippen LogP contribution in [0.5, 0.6) is 5.75 Å². The van der Waals surface area contributed by atoms with Gasteiger partial charge in [-0.1, -0.05) is 11.6 Å². The number of phenols is 1. The van der Waals surface area contributed by atoms with Crippen LogP contribution < -0.4 is 0 Å². The maximum atomic E-state index is 9.85. The Bertz CT molecular complexity index is 434. The second-order valence-corrected chi connectivity index (χ2v) is 6.64. The number of rotatable bonds is 2. The molecule has 0 bridgehead atoms. The number of hydrogen-bond acceptors (Lipinski definition) is 3. The van der Waals surface area contributed by atoms with E-state index in [1.165, 1.54) is 0 Å². The first-order valence-corrected chi connectivity index (χ1v) is 7.19. The largest absolute Gasteiger partial charge is 0.508 e. The fourth-order valence-electron chi connectivity index (χ4n) is 2.50. The molecule has 0 atom stereocenters. The molecule has 0 unspecified atom stereocenters. The number of aromatic hydroxyl groups is 1. The van der Waals surface area contributed by atoms with Gasteiger partial charge in [0.05, 0.1) is 0 Å². The molecular weight excluding hydrogens is 260 g/mol. The van der Waals surface area contributed by atoms with Crippen molar-refractivity contribution in [3.05, 3.63) is 28.8 Å². The molecule has 0 amide bonds. The van der Waals surface area contributed by atoms with E-state index in [2.05, 4.69) is 30.6 Å². The van der Waals surface area contributed by atoms with Crippen LogP contribution in [0.3, 0.4) is 0 Å². The van der Waals surface area contributed by atoms with Crippen LogP contribution in [0.4, 0.5) is 0 Å². The summed E-state index contributed by atoms with van der Waals surface area (Å²) in [6.45, 7) is 11.7. The van der Waals surface area contributed by atoms with Gasteiger partial charge in [-0.15, -0.1) is 0 Å². The molecule has 1 saturated heterocycles. The zero-order chi connectivity index (χ0) is 14.0. The van der Waals surface area contributed by atoms with E-state index in [1.807, 2.05) is 6.07 Å². The summed E-state index contributed by atoms with van der Waals surface area (Å²) in [5, 5.41) is 10.5. The Labute approximate surface area is 120 Å². The SMILES string of the molecule is CC(C)(C)N1CCN(Cc2cc(Cl)ccc2O)CC1. The number of phenolic OH excluding ortho intramolecular Hbond substituents is 1. The first kappa shape index (κ1) is 14.6. The quantitative estimate of drug-likeness (QED) is 0.903. The molecule has 1 aromatic rings. The third-order valence-corrected chi connectivity index (χ3v) is 3.99. The molecule has 1 heterocycles. The van der Waals surface area contributed by atoms with Gasteiger partial charge in [0.15, 0.2) is 0 Å². The summed E-state index contributed by atoms with van der Waals surface area (Å²) in [4.78, 5) is 4.87. The molecule has 1 aliphatic rings. The molecule has 106 valence electrons. The van der Waals surface area contributed by atoms with Crippen LogP contribution in [0.1, 0.15) is 26.3 Å². The van der Waals surface area contributed by atoms with Crippen molar-refractivity contribution < 1.29 is 5.11 Å². The van der Waals surface area contributed by atoms with E-state index in [9.17, 15) is 5.11 Å². The molecule has 0 spiro atoms. The Kier molecular flexibility index (Phi) is 4.39. The second kappa shape index (κ2) is 5.70. The standard InChI is InChI=1S/C15H23ClN2O/c1-15(2,3)18-8-6-17(7-9-18)11-12-10-13(16)4-5-14(12)19/h4-5,10,19H,6-9,11H2,1-3H3. The topological polar surface area (TPSA) is 26.7 Å². The summed E-state index contributed by atoms with van der Waals surface area (Å²) in [7, 11) is 0. The summed E-state index contributed by atoms with van der Waals surface area (Å²) in [5.74, 6) is 0.336. The first-order valence-electron chi connectivity index (χ1n) is 6.81. The fourth-order valence-corrected chi connectivity index (χ4v) is 2.69. The normalized spacial score (nSPS) is 18.7. The molecule has 0 aliphatic carbocycles. The van der Waals surface area contributed by atoms with Crippen LogP contribution in [0, 0.1) is 0 Å². The van der Waals surface area contributed by atoms with Gasteiger partial charge in [0.25, 0.3) is 0 Å². The van der Waals surface area contributed by atoms with Crippen LogP contribution in [-0.4, -0.2) is 46.6 Å². The highest BCUT2D eigenvalue weighted by atomic mass is 35.5. The molecule has 0 aromatic heterocycles. The fraction of sp³-hybridized carbons (Fsp3) is 0.600. The van der Waals surface area contributed by atoms with Gasteiger partial charge in [-0.3, -0.25) is 9.80 Å². The number of hydrogen-bond donors (Lipinski definition) is 1. The van der Waals surface area contributed by atoms with Gasteiger partial charge in [-0.25, -0.2) is 0 Å². The minimum atomic E-state index is 0.240. The van der Waals surface area contributed by atoms with Gasteiger partial charge >= 0.3 is 0 Å². The van der Waals surface area contributed by atoms with E-state index in [-0.39, 0.29) is 5.54 Å². The Hall–Kier alpha value is -0.770. The lowest BCUT2D eigenvalue weighted by molar-refractivity contribution is 0.0588. The highest BCUT2D eigenvalue weighted by Gasteiger charge is 2.25. The van der Waals surface area contributed by atoms with E-state index in [1.54, 1.807) is 12.1 Å². The maximum Gasteiger partial charge on any atom is 0.120 e. The summed E-state index contributed by atoms with van der Waals surface area (Å²) in [6, 6.07) is 5.24. The van der Waals surface area contributed by atoms with E-state index in [0.717, 1.165) is 38.3 Å². The van der Waals surface area contributed by atoms with Gasteiger partial charge in [-0.05, 0) is 39.0 Å². The number of piperazine rings is 1. The van der Waals surface area contributed by atoms with Crippen LogP contribution in [0.15, 0.2) is 18.2 Å². The molecule has 0 saturated carbocycles. The highest BCUT2D eigenvalue weighted by molar-refractivity contribution is 6.30. The van der Waals surface area contributed by atoms with Crippen molar-refractivity contribution >= 4 is 11.6 Å². The first-order chi connectivity index (χ1) is 8.86. The van der Waals surface area contributed by atoms with E-state index < -0.39 is 0 Å². The minimum absolute atomic E-state index is 0.240. The maximum absolute atomic E-state index is 9.85. The Balaban J connectivity index is 1.94. The van der Waals surface area contributed by atoms with Gasteiger partial charge in [0.1, 0.15) is 5.75 Å². The summed E-state index contributed by atoms with van der Waals surface area (Å²) >= 11 is 5.98. The van der Waals surface area contributed by atoms with Crippen molar-refractivity contribution in [2.75, 3.05) is 26.2 Å². The number of benzene rings is 1. The van der Waals surface area contributed by atoms with Crippen LogP contribution in [0.2, 0.25) is 5.02 Å². The smallest absolute Gasteiger partial charge is 0.120 e. The third kappa shape index (κ3) is 3.85. The molecule has 2 rings (SSSR count). The lowest BCUT2D eigenvalue weighted by atomic mass is 10.0. The predicted octanol–water partition coefficient (Wildman–Crippen LogP) is 2.96. The monoisotopic (exact) mass is 282 g/mol. The van der Waals surface area contributed by atoms with Crippen molar-refractivity contribution in [3.8, 4) is 5.75 Å². The average molecular weight is 283 g/mol. The van der Waals surface area contributed by atoms with Gasteiger partial charge < -0.3 is 5.11 Å². The molecule has 3 nitrogen and oxygen atoms in total. The molecule has 1 aromatic carbocycles. The Morgan fingerprint density at radius 3 is 2.37 bits per heavy atom. The lowest BCUT2D eigenvalue weighted by Gasteiger charge is -2.42. The lowest BCUT2D eigenvalue weighted by Crippen LogP contribution is -2.53. The molecule has 4 heteroatoms. The number of halogens is 1. The van der Waals surface area contributed by atoms with E-state index in [4.69, 9.17) is 11.6 Å². The summed E-state index contributed by atoms with van der Waals surface area (Å²) in [5.41, 5.74) is 1.15. The van der Waals surface area contributed by atoms with Crippen molar-refractivity contribution in [2.24, 2.45) is 0 Å². The van der Waals surface area contributed by atoms with Crippen molar-refractivity contribution in [1.29, 1.82) is 0 Å². The van der Waals surface area contributed by atoms with Gasteiger partial charge in [0, 0.05) is 48.8 Å². The van der Waals surface area contributed by atoms with E-state index in [0.29, 0.717) is 10.8 Å². The Morgan fingerprint density at radius 1 is 1.16 bits per heavy atom. The zero-order valence-corrected chi connectivity index (χ0v) is 12.7. The number of nitrogens with zero attached hydrogens (tertiary/aromatic N) is 2. The average Bonchev–Trinajstić information content (AvgIpc) is 2.33. The Morgan fingerprint density at radius 2 is 1.79 bits per heavy atom. The van der Waals surface area contributed by atoms with Crippen molar-refractivity contribution in [2.45, 2.75) is 32.9 Å². The zero-order valence-electron chi connectivity index (χ0n) is 12.0. The van der Waals surface area contributed by atoms with Crippen molar-refractivity contribution in [3.63, 3.8) is 0 Å². The molecule has 1 fully saturated rings. The highest BCUT2D eigenvalue weighted by Crippen LogP contribution is 2.24. The van der Waals surface area contributed by atoms with Crippen molar-refractivity contribution in [1.82, 2.24) is 9.80 Å². The van der Waals surface area contributed by atoms with Crippen LogP contribution in [-0.2, 0) is 6.54 Å². The minimum Gasteiger partial charge on any atom is -0.508 e. The summed E-state index contributed by atoms with van der Waals surface area (Å²) in [6.07, 6.45) is 0. The third-order valence-electron chi connectivity index (χ3n) is 3.76. The summed E-state index contributed by atoms with van der Waals surface area (Å²) < 4.78 is 0. The van der Waals surface area contributed by atoms with Crippen LogP contribution >= 0.6 is 11.6 Å². The molecule has 1 aliphatic heterocycles. The van der Waals surface area contributed by atoms with Gasteiger partial charge in [0.2, 0.25) is 0 Å². The second-order valence-electron chi connectivity index (χ2n) is 6.21. The molecule has 1 N–H and O–H groups in total. The van der Waals surface area contributed by atoms with Crippen LogP contribution in [0.25, 0.3) is 0 Å².